The summed E-state index contributed by atoms with van der Waals surface area (Å²) in [5, 5.41) is 2.67. The van der Waals surface area contributed by atoms with Crippen molar-refractivity contribution in [1.29, 1.82) is 0 Å². The van der Waals surface area contributed by atoms with E-state index in [9.17, 15) is 4.79 Å². The first-order valence-corrected chi connectivity index (χ1v) is 7.01. The molecular formula is C17H24N2O2. The second-order valence-corrected chi connectivity index (χ2v) is 6.00. The minimum atomic E-state index is -0.477. The van der Waals surface area contributed by atoms with E-state index in [2.05, 4.69) is 17.2 Å². The lowest BCUT2D eigenvalue weighted by Gasteiger charge is -2.19. The SMILES string of the molecule is Cc1cc(C#CCCNC(=O)OC(C)(C)C)cc(C)c1N. The van der Waals surface area contributed by atoms with Crippen LogP contribution in [0.1, 0.15) is 43.9 Å². The number of carbonyl (C=O) groups excluding carboxylic acids is 1. The number of anilines is 1. The standard InChI is InChI=1S/C17H24N2O2/c1-12-10-14(11-13(2)15(12)18)8-6-7-9-19-16(20)21-17(3,4)5/h10-11H,7,9,18H2,1-5H3,(H,19,20). The van der Waals surface area contributed by atoms with Crippen LogP contribution in [0.3, 0.4) is 0 Å². The zero-order valence-electron chi connectivity index (χ0n) is 13.5. The van der Waals surface area contributed by atoms with Gasteiger partial charge in [-0.15, -0.1) is 0 Å². The van der Waals surface area contributed by atoms with Crippen molar-refractivity contribution in [2.45, 2.75) is 46.6 Å². The molecule has 1 aromatic carbocycles. The highest BCUT2D eigenvalue weighted by molar-refractivity contribution is 5.67. The molecule has 1 aromatic rings. The van der Waals surface area contributed by atoms with Gasteiger partial charge < -0.3 is 15.8 Å². The second kappa shape index (κ2) is 7.03. The van der Waals surface area contributed by atoms with Crippen molar-refractivity contribution in [3.8, 4) is 11.8 Å². The highest BCUT2D eigenvalue weighted by Crippen LogP contribution is 2.17. The van der Waals surface area contributed by atoms with Gasteiger partial charge in [-0.1, -0.05) is 11.8 Å². The van der Waals surface area contributed by atoms with Crippen molar-refractivity contribution in [3.05, 3.63) is 28.8 Å². The Kier molecular flexibility index (Phi) is 5.66. The molecule has 3 N–H and O–H groups in total. The van der Waals surface area contributed by atoms with Gasteiger partial charge in [-0.3, -0.25) is 0 Å². The molecule has 0 radical (unpaired) electrons. The van der Waals surface area contributed by atoms with Crippen molar-refractivity contribution in [2.24, 2.45) is 0 Å². The van der Waals surface area contributed by atoms with E-state index in [1.807, 2.05) is 46.8 Å². The van der Waals surface area contributed by atoms with E-state index in [0.29, 0.717) is 13.0 Å². The summed E-state index contributed by atoms with van der Waals surface area (Å²) in [6.07, 6.45) is 0.158. The van der Waals surface area contributed by atoms with Gasteiger partial charge in [-0.05, 0) is 57.9 Å². The fourth-order valence-electron chi connectivity index (χ4n) is 1.75. The average Bonchev–Trinajstić information content (AvgIpc) is 2.33. The van der Waals surface area contributed by atoms with Gasteiger partial charge in [0.2, 0.25) is 0 Å². The van der Waals surface area contributed by atoms with Crippen LogP contribution in [0.4, 0.5) is 10.5 Å². The Morgan fingerprint density at radius 3 is 2.38 bits per heavy atom. The predicted molar refractivity (Wildman–Crippen MR) is 86.1 cm³/mol. The van der Waals surface area contributed by atoms with Crippen LogP contribution in [-0.2, 0) is 4.74 Å². The number of amides is 1. The van der Waals surface area contributed by atoms with Crippen LogP contribution in [0.25, 0.3) is 0 Å². The first-order valence-electron chi connectivity index (χ1n) is 7.01. The number of benzene rings is 1. The van der Waals surface area contributed by atoms with Gasteiger partial charge in [-0.25, -0.2) is 4.79 Å². The highest BCUT2D eigenvalue weighted by Gasteiger charge is 2.15. The Morgan fingerprint density at radius 1 is 1.29 bits per heavy atom. The Labute approximate surface area is 127 Å². The Hall–Kier alpha value is -2.15. The number of carbonyl (C=O) groups is 1. The lowest BCUT2D eigenvalue weighted by Crippen LogP contribution is -2.32. The summed E-state index contributed by atoms with van der Waals surface area (Å²) in [7, 11) is 0. The van der Waals surface area contributed by atoms with Crippen LogP contribution in [-0.4, -0.2) is 18.2 Å². The van der Waals surface area contributed by atoms with E-state index in [-0.39, 0.29) is 0 Å². The van der Waals surface area contributed by atoms with Crippen LogP contribution in [0.2, 0.25) is 0 Å². The summed E-state index contributed by atoms with van der Waals surface area (Å²) < 4.78 is 5.14. The van der Waals surface area contributed by atoms with Gasteiger partial charge in [0.1, 0.15) is 5.60 Å². The fourth-order valence-corrected chi connectivity index (χ4v) is 1.75. The number of hydrogen-bond donors (Lipinski definition) is 2. The Balaban J connectivity index is 2.46. The van der Waals surface area contributed by atoms with Crippen LogP contribution in [0.15, 0.2) is 12.1 Å². The zero-order chi connectivity index (χ0) is 16.0. The normalized spacial score (nSPS) is 10.5. The van der Waals surface area contributed by atoms with Crippen molar-refractivity contribution < 1.29 is 9.53 Å². The summed E-state index contributed by atoms with van der Waals surface area (Å²) in [6.45, 7) is 9.90. The third-order valence-corrected chi connectivity index (χ3v) is 2.74. The van der Waals surface area contributed by atoms with Gasteiger partial charge >= 0.3 is 6.09 Å². The highest BCUT2D eigenvalue weighted by atomic mass is 16.6. The number of alkyl carbamates (subject to hydrolysis) is 1. The molecule has 21 heavy (non-hydrogen) atoms. The maximum absolute atomic E-state index is 11.4. The maximum atomic E-state index is 11.4. The molecule has 0 unspecified atom stereocenters. The minimum absolute atomic E-state index is 0.413. The van der Waals surface area contributed by atoms with Gasteiger partial charge in [0.15, 0.2) is 0 Å². The molecule has 1 rings (SSSR count). The van der Waals surface area contributed by atoms with Gasteiger partial charge in [0.25, 0.3) is 0 Å². The van der Waals surface area contributed by atoms with Gasteiger partial charge in [-0.2, -0.15) is 0 Å². The zero-order valence-corrected chi connectivity index (χ0v) is 13.5. The van der Waals surface area contributed by atoms with Crippen LogP contribution in [0, 0.1) is 25.7 Å². The Bertz CT molecular complexity index is 552. The number of ether oxygens (including phenoxy) is 1. The molecular weight excluding hydrogens is 264 g/mol. The van der Waals surface area contributed by atoms with Gasteiger partial charge in [0, 0.05) is 24.2 Å². The van der Waals surface area contributed by atoms with Gasteiger partial charge in [0.05, 0.1) is 0 Å². The van der Waals surface area contributed by atoms with Crippen LogP contribution in [0.5, 0.6) is 0 Å². The molecule has 0 saturated carbocycles. The lowest BCUT2D eigenvalue weighted by atomic mass is 10.0. The molecule has 0 fully saturated rings. The third kappa shape index (κ3) is 6.22. The van der Waals surface area contributed by atoms with E-state index in [1.165, 1.54) is 0 Å². The molecule has 114 valence electrons. The number of hydrogen-bond acceptors (Lipinski definition) is 3. The second-order valence-electron chi connectivity index (χ2n) is 6.00. The third-order valence-electron chi connectivity index (χ3n) is 2.74. The lowest BCUT2D eigenvalue weighted by molar-refractivity contribution is 0.0529. The van der Waals surface area contributed by atoms with E-state index in [4.69, 9.17) is 10.5 Å². The van der Waals surface area contributed by atoms with Crippen molar-refractivity contribution in [3.63, 3.8) is 0 Å². The molecule has 0 aliphatic heterocycles. The summed E-state index contributed by atoms with van der Waals surface area (Å²) in [5.74, 6) is 6.11. The molecule has 1 amide bonds. The number of nitrogen functional groups attached to an aromatic ring is 1. The summed E-state index contributed by atoms with van der Waals surface area (Å²) in [4.78, 5) is 11.4. The number of nitrogens with one attached hydrogen (secondary N) is 1. The van der Waals surface area contributed by atoms with E-state index < -0.39 is 11.7 Å². The average molecular weight is 288 g/mol. The van der Waals surface area contributed by atoms with Crippen molar-refractivity contribution >= 4 is 11.8 Å². The monoisotopic (exact) mass is 288 g/mol. The summed E-state index contributed by atoms with van der Waals surface area (Å²) in [6, 6.07) is 3.94. The molecule has 0 heterocycles. The molecule has 4 heteroatoms. The molecule has 0 spiro atoms. The van der Waals surface area contributed by atoms with Crippen LogP contribution >= 0.6 is 0 Å². The number of aryl methyl sites for hydroxylation is 2. The Morgan fingerprint density at radius 2 is 1.86 bits per heavy atom. The van der Waals surface area contributed by atoms with E-state index >= 15 is 0 Å². The minimum Gasteiger partial charge on any atom is -0.444 e. The molecule has 0 aliphatic carbocycles. The molecule has 0 saturated heterocycles. The number of rotatable bonds is 2. The van der Waals surface area contributed by atoms with Crippen molar-refractivity contribution in [2.75, 3.05) is 12.3 Å². The summed E-state index contributed by atoms with van der Waals surface area (Å²) >= 11 is 0. The molecule has 4 nitrogen and oxygen atoms in total. The topological polar surface area (TPSA) is 64.3 Å². The summed E-state index contributed by atoms with van der Waals surface area (Å²) in [5.41, 5.74) is 9.24. The molecule has 0 aromatic heterocycles. The smallest absolute Gasteiger partial charge is 0.407 e. The first-order chi connectivity index (χ1) is 9.69. The van der Waals surface area contributed by atoms with E-state index in [0.717, 1.165) is 22.4 Å². The largest absolute Gasteiger partial charge is 0.444 e. The predicted octanol–water partition coefficient (Wildman–Crippen LogP) is 3.15. The van der Waals surface area contributed by atoms with E-state index in [1.54, 1.807) is 0 Å². The first kappa shape index (κ1) is 16.9. The molecule has 0 aliphatic rings. The molecule has 0 atom stereocenters. The fraction of sp³-hybridized carbons (Fsp3) is 0.471. The molecule has 0 bridgehead atoms. The maximum Gasteiger partial charge on any atom is 0.407 e. The van der Waals surface area contributed by atoms with Crippen molar-refractivity contribution in [1.82, 2.24) is 5.32 Å². The quantitative estimate of drug-likeness (QED) is 0.499. The number of nitrogens with two attached hydrogens (primary N) is 1. The van der Waals surface area contributed by atoms with Crippen LogP contribution < -0.4 is 11.1 Å².